The highest BCUT2D eigenvalue weighted by Crippen LogP contribution is 2.43. The second-order valence-corrected chi connectivity index (χ2v) is 23.2. The molecule has 68 heavy (non-hydrogen) atoms. The molecule has 0 aliphatic carbocycles. The van der Waals surface area contributed by atoms with Gasteiger partial charge in [-0.05, 0) is 44.9 Å². The Morgan fingerprint density at radius 2 is 0.794 bits per heavy atom. The van der Waals surface area contributed by atoms with E-state index in [9.17, 15) is 19.4 Å². The van der Waals surface area contributed by atoms with E-state index in [4.69, 9.17) is 9.05 Å². The third kappa shape index (κ3) is 52.8. The van der Waals surface area contributed by atoms with Gasteiger partial charge in [-0.1, -0.05) is 269 Å². The lowest BCUT2D eigenvalue weighted by Crippen LogP contribution is -2.45. The first-order valence-corrected chi connectivity index (χ1v) is 31.2. The van der Waals surface area contributed by atoms with Crippen molar-refractivity contribution in [3.63, 3.8) is 0 Å². The van der Waals surface area contributed by atoms with Gasteiger partial charge in [0.25, 0.3) is 0 Å². The lowest BCUT2D eigenvalue weighted by atomic mass is 10.0. The SMILES string of the molecule is CCCCCCCCCCCCCC/C=C\CCCCCCCCCC(=O)NC(COP(=O)(O)OCC[N+](C)(C)C)C(O)/C=C/CCCCCCCCCCCCCCCCCCCCCCC. The van der Waals surface area contributed by atoms with Crippen LogP contribution in [-0.2, 0) is 18.4 Å². The van der Waals surface area contributed by atoms with Gasteiger partial charge in [0.15, 0.2) is 0 Å². The molecule has 0 aliphatic heterocycles. The third-order valence-corrected chi connectivity index (χ3v) is 14.6. The molecule has 0 fully saturated rings. The number of phosphoric ester groups is 1. The number of aliphatic hydroxyl groups is 1. The summed E-state index contributed by atoms with van der Waals surface area (Å²) in [6.45, 7) is 4.86. The Balaban J connectivity index is 4.20. The Morgan fingerprint density at radius 1 is 0.485 bits per heavy atom. The highest BCUT2D eigenvalue weighted by molar-refractivity contribution is 7.47. The van der Waals surface area contributed by atoms with Crippen molar-refractivity contribution < 1.29 is 32.9 Å². The Bertz CT molecular complexity index is 1160. The smallest absolute Gasteiger partial charge is 0.387 e. The number of hydrogen-bond acceptors (Lipinski definition) is 5. The summed E-state index contributed by atoms with van der Waals surface area (Å²) in [7, 11) is 1.58. The topological polar surface area (TPSA) is 105 Å². The van der Waals surface area contributed by atoms with Crippen molar-refractivity contribution in [1.29, 1.82) is 0 Å². The molecular formula is C59H118N2O6P+. The number of nitrogens with zero attached hydrogens (tertiary/aromatic N) is 1. The van der Waals surface area contributed by atoms with Crippen LogP contribution in [0.3, 0.4) is 0 Å². The fourth-order valence-electron chi connectivity index (χ4n) is 8.98. The lowest BCUT2D eigenvalue weighted by molar-refractivity contribution is -0.870. The summed E-state index contributed by atoms with van der Waals surface area (Å²) in [5.74, 6) is -0.176. The average Bonchev–Trinajstić information content (AvgIpc) is 3.30. The number of nitrogens with one attached hydrogen (secondary N) is 1. The molecule has 3 N–H and O–H groups in total. The van der Waals surface area contributed by atoms with E-state index >= 15 is 0 Å². The first kappa shape index (κ1) is 67.0. The largest absolute Gasteiger partial charge is 0.472 e. The number of unbranched alkanes of at least 4 members (excludes halogenated alkanes) is 40. The molecule has 0 rings (SSSR count). The molecule has 0 bridgehead atoms. The second kappa shape index (κ2) is 50.9. The summed E-state index contributed by atoms with van der Waals surface area (Å²) in [6, 6.07) is -0.848. The zero-order valence-electron chi connectivity index (χ0n) is 46.1. The number of phosphoric acid groups is 1. The van der Waals surface area contributed by atoms with Crippen LogP contribution in [0.5, 0.6) is 0 Å². The molecule has 0 saturated carbocycles. The van der Waals surface area contributed by atoms with Crippen LogP contribution in [0.2, 0.25) is 0 Å². The number of carbonyl (C=O) groups is 1. The normalized spacial score (nSPS) is 14.0. The summed E-state index contributed by atoms with van der Waals surface area (Å²) >= 11 is 0. The molecule has 404 valence electrons. The molecule has 0 aromatic heterocycles. The van der Waals surface area contributed by atoms with E-state index in [1.807, 2.05) is 27.2 Å². The summed E-state index contributed by atoms with van der Waals surface area (Å²) in [4.78, 5) is 23.3. The van der Waals surface area contributed by atoms with Gasteiger partial charge in [0.2, 0.25) is 5.91 Å². The molecular weight excluding hydrogens is 864 g/mol. The fraction of sp³-hybridized carbons (Fsp3) is 0.915. The van der Waals surface area contributed by atoms with Crippen LogP contribution in [0.15, 0.2) is 24.3 Å². The minimum atomic E-state index is -4.35. The van der Waals surface area contributed by atoms with Gasteiger partial charge in [0, 0.05) is 6.42 Å². The van der Waals surface area contributed by atoms with E-state index in [0.29, 0.717) is 17.4 Å². The van der Waals surface area contributed by atoms with Gasteiger partial charge < -0.3 is 19.8 Å². The Morgan fingerprint density at radius 3 is 1.13 bits per heavy atom. The number of likely N-dealkylation sites (N-methyl/N-ethyl adjacent to an activating group) is 1. The fourth-order valence-corrected chi connectivity index (χ4v) is 9.72. The van der Waals surface area contributed by atoms with Crippen LogP contribution in [0, 0.1) is 0 Å². The Kier molecular flexibility index (Phi) is 50.1. The maximum atomic E-state index is 13.0. The molecule has 1 amide bonds. The van der Waals surface area contributed by atoms with Crippen molar-refractivity contribution in [2.75, 3.05) is 40.9 Å². The van der Waals surface area contributed by atoms with Crippen molar-refractivity contribution in [3.05, 3.63) is 24.3 Å². The molecule has 8 nitrogen and oxygen atoms in total. The number of quaternary nitrogens is 1. The number of rotatable bonds is 55. The molecule has 0 aromatic carbocycles. The van der Waals surface area contributed by atoms with Crippen LogP contribution in [0.1, 0.15) is 296 Å². The summed E-state index contributed by atoms with van der Waals surface area (Å²) in [5.41, 5.74) is 0. The Hall–Kier alpha value is -1.02. The number of hydrogen-bond donors (Lipinski definition) is 3. The van der Waals surface area contributed by atoms with Crippen molar-refractivity contribution in [3.8, 4) is 0 Å². The molecule has 0 aromatic rings. The number of aliphatic hydroxyl groups excluding tert-OH is 1. The first-order chi connectivity index (χ1) is 33.0. The highest BCUT2D eigenvalue weighted by Gasteiger charge is 2.27. The predicted octanol–water partition coefficient (Wildman–Crippen LogP) is 18.0. The number of amides is 1. The summed E-state index contributed by atoms with van der Waals surface area (Å²) < 4.78 is 23.7. The van der Waals surface area contributed by atoms with Crippen LogP contribution in [-0.4, -0.2) is 73.4 Å². The van der Waals surface area contributed by atoms with E-state index in [-0.39, 0.29) is 19.1 Å². The highest BCUT2D eigenvalue weighted by atomic mass is 31.2. The second-order valence-electron chi connectivity index (χ2n) is 21.7. The minimum Gasteiger partial charge on any atom is -0.387 e. The molecule has 3 atom stereocenters. The van der Waals surface area contributed by atoms with E-state index in [0.717, 1.165) is 38.5 Å². The van der Waals surface area contributed by atoms with Crippen molar-refractivity contribution in [2.45, 2.75) is 309 Å². The van der Waals surface area contributed by atoms with E-state index < -0.39 is 20.0 Å². The van der Waals surface area contributed by atoms with E-state index in [2.05, 4.69) is 31.3 Å². The molecule has 9 heteroatoms. The van der Waals surface area contributed by atoms with E-state index in [1.165, 1.54) is 238 Å². The van der Waals surface area contributed by atoms with Gasteiger partial charge in [-0.3, -0.25) is 13.8 Å². The van der Waals surface area contributed by atoms with Crippen LogP contribution >= 0.6 is 7.82 Å². The third-order valence-electron chi connectivity index (χ3n) is 13.7. The maximum Gasteiger partial charge on any atom is 0.472 e. The van der Waals surface area contributed by atoms with Crippen molar-refractivity contribution >= 4 is 13.7 Å². The zero-order chi connectivity index (χ0) is 49.9. The zero-order valence-corrected chi connectivity index (χ0v) is 47.0. The molecule has 0 aliphatic rings. The van der Waals surface area contributed by atoms with Gasteiger partial charge in [0.1, 0.15) is 13.2 Å². The number of carbonyl (C=O) groups excluding carboxylic acids is 1. The first-order valence-electron chi connectivity index (χ1n) is 29.7. The van der Waals surface area contributed by atoms with Gasteiger partial charge in [0.05, 0.1) is 39.9 Å². The summed E-state index contributed by atoms with van der Waals surface area (Å²) in [6.07, 6.45) is 64.2. The minimum absolute atomic E-state index is 0.0624. The molecule has 0 saturated heterocycles. The quantitative estimate of drug-likeness (QED) is 0.0243. The van der Waals surface area contributed by atoms with Crippen molar-refractivity contribution in [2.24, 2.45) is 0 Å². The number of allylic oxidation sites excluding steroid dienone is 3. The molecule has 0 heterocycles. The van der Waals surface area contributed by atoms with Gasteiger partial charge >= 0.3 is 7.82 Å². The van der Waals surface area contributed by atoms with Crippen LogP contribution in [0.4, 0.5) is 0 Å². The van der Waals surface area contributed by atoms with Gasteiger partial charge in [-0.2, -0.15) is 0 Å². The van der Waals surface area contributed by atoms with Crippen LogP contribution in [0.25, 0.3) is 0 Å². The molecule has 0 spiro atoms. The lowest BCUT2D eigenvalue weighted by Gasteiger charge is -2.25. The average molecular weight is 983 g/mol. The van der Waals surface area contributed by atoms with Gasteiger partial charge in [-0.25, -0.2) is 4.57 Å². The molecule has 3 unspecified atom stereocenters. The standard InChI is InChI=1S/C59H117N2O6P/c1-6-8-10-12-14-16-18-20-22-24-26-28-30-32-34-36-38-40-42-44-46-48-50-52-58(62)57(56-67-68(64,65)66-55-54-61(3,4)5)60-59(63)53-51-49-47-45-43-41-39-37-35-33-31-29-27-25-23-21-19-17-15-13-11-9-7-2/h33,35,50,52,57-58,62H,6-32,34,36-49,51,53-56H2,1-5H3,(H-,60,63,64,65)/p+1/b35-33-,52-50+. The summed E-state index contributed by atoms with van der Waals surface area (Å²) in [5, 5.41) is 14.0. The monoisotopic (exact) mass is 982 g/mol. The maximum absolute atomic E-state index is 13.0. The van der Waals surface area contributed by atoms with Gasteiger partial charge in [-0.15, -0.1) is 0 Å². The molecule has 0 radical (unpaired) electrons. The Labute approximate surface area is 424 Å². The predicted molar refractivity (Wildman–Crippen MR) is 295 cm³/mol. The van der Waals surface area contributed by atoms with E-state index in [1.54, 1.807) is 6.08 Å². The van der Waals surface area contributed by atoms with Crippen molar-refractivity contribution in [1.82, 2.24) is 5.32 Å². The van der Waals surface area contributed by atoms with Crippen LogP contribution < -0.4 is 5.32 Å².